The minimum atomic E-state index is 0.0147. The fourth-order valence-corrected chi connectivity index (χ4v) is 2.40. The second kappa shape index (κ2) is 5.49. The van der Waals surface area contributed by atoms with Crippen LogP contribution in [0.2, 0.25) is 0 Å². The number of ether oxygens (including phenoxy) is 1. The van der Waals surface area contributed by atoms with Gasteiger partial charge in [-0.2, -0.15) is 0 Å². The molecule has 0 saturated carbocycles. The molecule has 2 aromatic rings. The molecule has 0 aliphatic carbocycles. The van der Waals surface area contributed by atoms with Crippen molar-refractivity contribution in [2.24, 2.45) is 0 Å². The number of nitrogens with zero attached hydrogens (tertiary/aromatic N) is 1. The van der Waals surface area contributed by atoms with E-state index in [1.165, 1.54) is 0 Å². The molecule has 0 spiro atoms. The van der Waals surface area contributed by atoms with Gasteiger partial charge in [-0.15, -0.1) is 0 Å². The number of Topliss-reactive ketones (excluding diaryl/α,β-unsaturated/α-hetero) is 1. The molecule has 0 aromatic carbocycles. The van der Waals surface area contributed by atoms with Gasteiger partial charge in [-0.25, -0.2) is 0 Å². The van der Waals surface area contributed by atoms with Crippen LogP contribution in [-0.4, -0.2) is 17.9 Å². The van der Waals surface area contributed by atoms with Crippen molar-refractivity contribution in [3.05, 3.63) is 46.2 Å². The first kappa shape index (κ1) is 14.3. The maximum atomic E-state index is 12.3. The summed E-state index contributed by atoms with van der Waals surface area (Å²) in [6.07, 6.45) is 1.99. The number of aromatic nitrogens is 1. The summed E-state index contributed by atoms with van der Waals surface area (Å²) in [6, 6.07) is 1.78. The number of furan rings is 1. The fourth-order valence-electron chi connectivity index (χ4n) is 2.40. The molecule has 0 unspecified atom stereocenters. The van der Waals surface area contributed by atoms with E-state index >= 15 is 0 Å². The molecule has 0 bridgehead atoms. The molecular weight excluding hydrogens is 254 g/mol. The molecule has 2 aromatic heterocycles. The van der Waals surface area contributed by atoms with E-state index in [1.54, 1.807) is 26.3 Å². The van der Waals surface area contributed by atoms with Gasteiger partial charge < -0.3 is 9.15 Å². The highest BCUT2D eigenvalue weighted by Crippen LogP contribution is 2.25. The minimum Gasteiger partial charge on any atom is -0.496 e. The molecule has 0 atom stereocenters. The molecule has 0 amide bonds. The van der Waals surface area contributed by atoms with Gasteiger partial charge in [-0.3, -0.25) is 9.78 Å². The molecule has 0 saturated heterocycles. The van der Waals surface area contributed by atoms with Crippen molar-refractivity contribution in [2.45, 2.75) is 34.1 Å². The predicted molar refractivity (Wildman–Crippen MR) is 76.5 cm³/mol. The monoisotopic (exact) mass is 273 g/mol. The van der Waals surface area contributed by atoms with E-state index in [-0.39, 0.29) is 12.2 Å². The minimum absolute atomic E-state index is 0.0147. The van der Waals surface area contributed by atoms with Crippen molar-refractivity contribution in [2.75, 3.05) is 7.11 Å². The Kier molecular flexibility index (Phi) is 3.93. The molecule has 20 heavy (non-hydrogen) atoms. The summed E-state index contributed by atoms with van der Waals surface area (Å²) in [5, 5.41) is 0. The van der Waals surface area contributed by atoms with Gasteiger partial charge in [0, 0.05) is 17.3 Å². The van der Waals surface area contributed by atoms with Gasteiger partial charge in [0.25, 0.3) is 0 Å². The van der Waals surface area contributed by atoms with Crippen molar-refractivity contribution in [3.8, 4) is 5.75 Å². The Bertz CT molecular complexity index is 656. The molecule has 4 heteroatoms. The predicted octanol–water partition coefficient (Wildman–Crippen LogP) is 3.34. The van der Waals surface area contributed by atoms with Crippen molar-refractivity contribution in [1.29, 1.82) is 0 Å². The van der Waals surface area contributed by atoms with Gasteiger partial charge in [0.05, 0.1) is 24.8 Å². The van der Waals surface area contributed by atoms with Crippen molar-refractivity contribution >= 4 is 5.78 Å². The third-order valence-electron chi connectivity index (χ3n) is 3.42. The lowest BCUT2D eigenvalue weighted by Crippen LogP contribution is -2.08. The Hall–Kier alpha value is -2.10. The molecule has 0 radical (unpaired) electrons. The number of rotatable bonds is 4. The number of ketones is 1. The van der Waals surface area contributed by atoms with E-state index < -0.39 is 0 Å². The number of pyridine rings is 1. The highest BCUT2D eigenvalue weighted by molar-refractivity contribution is 5.98. The average molecular weight is 273 g/mol. The van der Waals surface area contributed by atoms with Crippen LogP contribution in [0.15, 0.2) is 16.7 Å². The SMILES string of the molecule is COc1c(C)cnc(CC(=O)c2cc(C)oc2C)c1C. The number of carbonyl (C=O) groups excluding carboxylic acids is 1. The lowest BCUT2D eigenvalue weighted by Gasteiger charge is -2.11. The molecule has 0 fully saturated rings. The quantitative estimate of drug-likeness (QED) is 0.802. The van der Waals surface area contributed by atoms with Gasteiger partial charge in [0.1, 0.15) is 17.3 Å². The molecule has 0 aliphatic rings. The lowest BCUT2D eigenvalue weighted by atomic mass is 10.0. The van der Waals surface area contributed by atoms with E-state index in [9.17, 15) is 4.79 Å². The van der Waals surface area contributed by atoms with Crippen LogP contribution in [0.1, 0.15) is 38.7 Å². The van der Waals surface area contributed by atoms with Gasteiger partial charge >= 0.3 is 0 Å². The maximum absolute atomic E-state index is 12.3. The van der Waals surface area contributed by atoms with Gasteiger partial charge in [-0.1, -0.05) is 0 Å². The van der Waals surface area contributed by atoms with Crippen LogP contribution in [-0.2, 0) is 6.42 Å². The van der Waals surface area contributed by atoms with Crippen molar-refractivity contribution < 1.29 is 13.9 Å². The van der Waals surface area contributed by atoms with Crippen molar-refractivity contribution in [1.82, 2.24) is 4.98 Å². The molecule has 106 valence electrons. The van der Waals surface area contributed by atoms with E-state index in [0.29, 0.717) is 11.3 Å². The van der Waals surface area contributed by atoms with E-state index in [0.717, 1.165) is 28.3 Å². The molecule has 0 N–H and O–H groups in total. The first-order chi connectivity index (χ1) is 9.43. The Morgan fingerprint density at radius 3 is 2.55 bits per heavy atom. The molecule has 2 rings (SSSR count). The smallest absolute Gasteiger partial charge is 0.172 e. The Labute approximate surface area is 118 Å². The fraction of sp³-hybridized carbons (Fsp3) is 0.375. The number of aryl methyl sites for hydroxylation is 3. The lowest BCUT2D eigenvalue weighted by molar-refractivity contribution is 0.0990. The van der Waals surface area contributed by atoms with Crippen LogP contribution in [0.25, 0.3) is 0 Å². The summed E-state index contributed by atoms with van der Waals surface area (Å²) in [4.78, 5) is 16.7. The Morgan fingerprint density at radius 2 is 2.00 bits per heavy atom. The summed E-state index contributed by atoms with van der Waals surface area (Å²) in [5.74, 6) is 2.21. The summed E-state index contributed by atoms with van der Waals surface area (Å²) in [7, 11) is 1.63. The van der Waals surface area contributed by atoms with Crippen LogP contribution < -0.4 is 4.74 Å². The second-order valence-electron chi connectivity index (χ2n) is 4.97. The molecular formula is C16H19NO3. The first-order valence-electron chi connectivity index (χ1n) is 6.53. The summed E-state index contributed by atoms with van der Waals surface area (Å²) >= 11 is 0. The number of methoxy groups -OCH3 is 1. The Balaban J connectivity index is 2.31. The summed E-state index contributed by atoms with van der Waals surface area (Å²) in [5.41, 5.74) is 3.26. The van der Waals surface area contributed by atoms with Crippen LogP contribution in [0, 0.1) is 27.7 Å². The zero-order valence-electron chi connectivity index (χ0n) is 12.5. The normalized spacial score (nSPS) is 10.7. The van der Waals surface area contributed by atoms with E-state index in [2.05, 4.69) is 4.98 Å². The highest BCUT2D eigenvalue weighted by Gasteiger charge is 2.17. The maximum Gasteiger partial charge on any atom is 0.172 e. The summed E-state index contributed by atoms with van der Waals surface area (Å²) in [6.45, 7) is 7.50. The van der Waals surface area contributed by atoms with Gasteiger partial charge in [0.15, 0.2) is 5.78 Å². The number of hydrogen-bond donors (Lipinski definition) is 0. The van der Waals surface area contributed by atoms with Crippen molar-refractivity contribution in [3.63, 3.8) is 0 Å². The third-order valence-corrected chi connectivity index (χ3v) is 3.42. The topological polar surface area (TPSA) is 52.3 Å². The van der Waals surface area contributed by atoms with E-state index in [1.807, 2.05) is 20.8 Å². The van der Waals surface area contributed by atoms with Gasteiger partial charge in [0.2, 0.25) is 0 Å². The number of hydrogen-bond acceptors (Lipinski definition) is 4. The standard InChI is InChI=1S/C16H19NO3/c1-9-8-17-14(11(3)16(9)19-5)7-15(18)13-6-10(2)20-12(13)4/h6,8H,7H2,1-5H3. The Morgan fingerprint density at radius 1 is 1.30 bits per heavy atom. The van der Waals surface area contributed by atoms with Gasteiger partial charge in [-0.05, 0) is 33.8 Å². The average Bonchev–Trinajstić information content (AvgIpc) is 2.73. The molecule has 4 nitrogen and oxygen atoms in total. The second-order valence-corrected chi connectivity index (χ2v) is 4.97. The summed E-state index contributed by atoms with van der Waals surface area (Å²) < 4.78 is 10.8. The van der Waals surface area contributed by atoms with Crippen LogP contribution >= 0.6 is 0 Å². The third kappa shape index (κ3) is 2.59. The van der Waals surface area contributed by atoms with E-state index in [4.69, 9.17) is 9.15 Å². The zero-order chi connectivity index (χ0) is 14.9. The zero-order valence-corrected chi connectivity index (χ0v) is 12.5. The van der Waals surface area contributed by atoms with Crippen LogP contribution in [0.3, 0.4) is 0 Å². The van der Waals surface area contributed by atoms with Crippen LogP contribution in [0.5, 0.6) is 5.75 Å². The highest BCUT2D eigenvalue weighted by atomic mass is 16.5. The van der Waals surface area contributed by atoms with Crippen LogP contribution in [0.4, 0.5) is 0 Å². The largest absolute Gasteiger partial charge is 0.496 e. The molecule has 0 aliphatic heterocycles. The first-order valence-corrected chi connectivity index (χ1v) is 6.53. The number of carbonyl (C=O) groups is 1. The molecule has 2 heterocycles.